The highest BCUT2D eigenvalue weighted by Crippen LogP contribution is 2.21. The Morgan fingerprint density at radius 3 is 2.46 bits per heavy atom. The molecule has 140 valence electrons. The van der Waals surface area contributed by atoms with E-state index >= 15 is 0 Å². The fraction of sp³-hybridized carbons (Fsp3) is 0.429. The van der Waals surface area contributed by atoms with E-state index in [1.54, 1.807) is 13.2 Å². The van der Waals surface area contributed by atoms with Crippen LogP contribution in [0.1, 0.15) is 56.2 Å². The fourth-order valence-corrected chi connectivity index (χ4v) is 3.31. The number of ketones is 1. The van der Waals surface area contributed by atoms with E-state index in [-0.39, 0.29) is 18.4 Å². The van der Waals surface area contributed by atoms with Crippen LogP contribution in [-0.2, 0) is 9.47 Å². The number of carbonyl (C=O) groups is 2. The van der Waals surface area contributed by atoms with Gasteiger partial charge in [-0.3, -0.25) is 4.79 Å². The molecule has 0 radical (unpaired) electrons. The molecule has 1 atom stereocenters. The lowest BCUT2D eigenvalue weighted by Gasteiger charge is -2.17. The molecule has 0 fully saturated rings. The lowest BCUT2D eigenvalue weighted by Crippen LogP contribution is -2.17. The Morgan fingerprint density at radius 1 is 1.12 bits per heavy atom. The van der Waals surface area contributed by atoms with Gasteiger partial charge in [0.05, 0.1) is 18.2 Å². The van der Waals surface area contributed by atoms with Gasteiger partial charge in [0, 0.05) is 24.1 Å². The van der Waals surface area contributed by atoms with E-state index in [1.165, 1.54) is 0 Å². The summed E-state index contributed by atoms with van der Waals surface area (Å²) in [7, 11) is 1.66. The van der Waals surface area contributed by atoms with Crippen LogP contribution >= 0.6 is 0 Å². The number of hydrogen-bond acceptors (Lipinski definition) is 4. The molecule has 0 aliphatic heterocycles. The van der Waals surface area contributed by atoms with Crippen molar-refractivity contribution in [1.29, 1.82) is 0 Å². The summed E-state index contributed by atoms with van der Waals surface area (Å²) in [4.78, 5) is 24.9. The van der Waals surface area contributed by atoms with Crippen LogP contribution in [0, 0.1) is 27.7 Å². The maximum atomic E-state index is 12.6. The van der Waals surface area contributed by atoms with Gasteiger partial charge in [0.1, 0.15) is 0 Å². The minimum absolute atomic E-state index is 0.124. The first-order chi connectivity index (χ1) is 12.3. The molecular formula is C21H27NO4. The van der Waals surface area contributed by atoms with E-state index < -0.39 is 5.97 Å². The van der Waals surface area contributed by atoms with Crippen LogP contribution in [-0.4, -0.2) is 36.6 Å². The topological polar surface area (TPSA) is 57.5 Å². The maximum absolute atomic E-state index is 12.6. The third-order valence-electron chi connectivity index (χ3n) is 4.79. The highest BCUT2D eigenvalue weighted by molar-refractivity contribution is 6.00. The first-order valence-corrected chi connectivity index (χ1v) is 8.71. The normalized spacial score (nSPS) is 12.1. The standard InChI is InChI=1S/C21H27NO4/c1-13-8-7-9-18(16(13)4)21(24)26-12-20(23)19-10-14(2)22(17(19)5)15(3)11-25-6/h7-10,15H,11-12H2,1-6H3/t15-/m0/s1. The van der Waals surface area contributed by atoms with E-state index in [9.17, 15) is 9.59 Å². The number of nitrogens with zero attached hydrogens (tertiary/aromatic N) is 1. The summed E-state index contributed by atoms with van der Waals surface area (Å²) in [5.41, 5.74) is 4.81. The zero-order chi connectivity index (χ0) is 19.4. The number of methoxy groups -OCH3 is 1. The van der Waals surface area contributed by atoms with Crippen LogP contribution in [0.15, 0.2) is 24.3 Å². The molecule has 0 saturated carbocycles. The minimum Gasteiger partial charge on any atom is -0.454 e. The Bertz CT molecular complexity index is 820. The number of hydrogen-bond donors (Lipinski definition) is 0. The van der Waals surface area contributed by atoms with Crippen molar-refractivity contribution in [3.8, 4) is 0 Å². The molecule has 0 bridgehead atoms. The van der Waals surface area contributed by atoms with Crippen molar-refractivity contribution in [2.45, 2.75) is 40.7 Å². The number of aromatic nitrogens is 1. The van der Waals surface area contributed by atoms with Crippen molar-refractivity contribution in [3.05, 3.63) is 57.9 Å². The highest BCUT2D eigenvalue weighted by Gasteiger charge is 2.20. The first kappa shape index (κ1) is 19.9. The summed E-state index contributed by atoms with van der Waals surface area (Å²) in [5.74, 6) is -0.672. The molecule has 0 aliphatic rings. The summed E-state index contributed by atoms with van der Waals surface area (Å²) in [6.07, 6.45) is 0. The summed E-state index contributed by atoms with van der Waals surface area (Å²) >= 11 is 0. The Balaban J connectivity index is 2.12. The van der Waals surface area contributed by atoms with Gasteiger partial charge in [-0.15, -0.1) is 0 Å². The van der Waals surface area contributed by atoms with Crippen molar-refractivity contribution in [1.82, 2.24) is 4.57 Å². The van der Waals surface area contributed by atoms with Crippen LogP contribution in [0.5, 0.6) is 0 Å². The summed E-state index contributed by atoms with van der Waals surface area (Å²) < 4.78 is 12.6. The number of rotatable bonds is 7. The SMILES string of the molecule is COC[C@H](C)n1c(C)cc(C(=O)COC(=O)c2cccc(C)c2C)c1C. The number of carbonyl (C=O) groups excluding carboxylic acids is 2. The molecule has 2 rings (SSSR count). The van der Waals surface area contributed by atoms with Gasteiger partial charge >= 0.3 is 5.97 Å². The molecule has 1 aromatic carbocycles. The summed E-state index contributed by atoms with van der Waals surface area (Å²) in [5, 5.41) is 0. The quantitative estimate of drug-likeness (QED) is 0.556. The van der Waals surface area contributed by atoms with Gasteiger partial charge in [-0.2, -0.15) is 0 Å². The van der Waals surface area contributed by atoms with Crippen molar-refractivity contribution in [2.75, 3.05) is 20.3 Å². The predicted molar refractivity (Wildman–Crippen MR) is 101 cm³/mol. The molecule has 0 N–H and O–H groups in total. The van der Waals surface area contributed by atoms with Gasteiger partial charge in [0.15, 0.2) is 6.61 Å². The van der Waals surface area contributed by atoms with Crippen LogP contribution in [0.3, 0.4) is 0 Å². The van der Waals surface area contributed by atoms with Crippen molar-refractivity contribution >= 4 is 11.8 Å². The fourth-order valence-electron chi connectivity index (χ4n) is 3.31. The van der Waals surface area contributed by atoms with Gasteiger partial charge in [0.25, 0.3) is 0 Å². The maximum Gasteiger partial charge on any atom is 0.338 e. The lowest BCUT2D eigenvalue weighted by molar-refractivity contribution is 0.0473. The van der Waals surface area contributed by atoms with E-state index in [1.807, 2.05) is 52.8 Å². The average molecular weight is 357 g/mol. The lowest BCUT2D eigenvalue weighted by atomic mass is 10.0. The van der Waals surface area contributed by atoms with E-state index in [0.717, 1.165) is 22.5 Å². The molecule has 0 unspecified atom stereocenters. The Labute approximate surface area is 154 Å². The molecule has 26 heavy (non-hydrogen) atoms. The average Bonchev–Trinajstić information content (AvgIpc) is 2.89. The molecule has 1 aromatic heterocycles. The first-order valence-electron chi connectivity index (χ1n) is 8.71. The van der Waals surface area contributed by atoms with Crippen molar-refractivity contribution < 1.29 is 19.1 Å². The molecule has 0 amide bonds. The molecule has 0 saturated heterocycles. The number of ether oxygens (including phenoxy) is 2. The molecule has 5 nitrogen and oxygen atoms in total. The molecule has 1 heterocycles. The van der Waals surface area contributed by atoms with E-state index in [0.29, 0.717) is 17.7 Å². The van der Waals surface area contributed by atoms with E-state index in [4.69, 9.17) is 9.47 Å². The van der Waals surface area contributed by atoms with Gasteiger partial charge in [0.2, 0.25) is 5.78 Å². The van der Waals surface area contributed by atoms with Gasteiger partial charge < -0.3 is 14.0 Å². The second kappa shape index (κ2) is 8.32. The van der Waals surface area contributed by atoms with Crippen LogP contribution in [0.4, 0.5) is 0 Å². The monoisotopic (exact) mass is 357 g/mol. The molecule has 2 aromatic rings. The number of Topliss-reactive ketones (excluding diaryl/α,β-unsaturated/α-hetero) is 1. The second-order valence-electron chi connectivity index (χ2n) is 6.71. The molecule has 5 heteroatoms. The Morgan fingerprint density at radius 2 is 1.81 bits per heavy atom. The molecule has 0 spiro atoms. The number of benzene rings is 1. The second-order valence-corrected chi connectivity index (χ2v) is 6.71. The van der Waals surface area contributed by atoms with Crippen LogP contribution in [0.2, 0.25) is 0 Å². The van der Waals surface area contributed by atoms with Crippen molar-refractivity contribution in [2.24, 2.45) is 0 Å². The third-order valence-corrected chi connectivity index (χ3v) is 4.79. The van der Waals surface area contributed by atoms with Gasteiger partial charge in [-0.05, 0) is 57.9 Å². The minimum atomic E-state index is -0.471. The van der Waals surface area contributed by atoms with Crippen molar-refractivity contribution in [3.63, 3.8) is 0 Å². The summed E-state index contributed by atoms with van der Waals surface area (Å²) in [6, 6.07) is 7.43. The zero-order valence-electron chi connectivity index (χ0n) is 16.4. The smallest absolute Gasteiger partial charge is 0.338 e. The highest BCUT2D eigenvalue weighted by atomic mass is 16.5. The Kier molecular flexibility index (Phi) is 6.37. The van der Waals surface area contributed by atoms with Crippen LogP contribution < -0.4 is 0 Å². The van der Waals surface area contributed by atoms with Gasteiger partial charge in [-0.1, -0.05) is 12.1 Å². The largest absolute Gasteiger partial charge is 0.454 e. The third kappa shape index (κ3) is 4.05. The number of esters is 1. The molecular weight excluding hydrogens is 330 g/mol. The predicted octanol–water partition coefficient (Wildman–Crippen LogP) is 3.97. The number of aryl methyl sites for hydroxylation is 2. The molecule has 0 aliphatic carbocycles. The zero-order valence-corrected chi connectivity index (χ0v) is 16.4. The van der Waals surface area contributed by atoms with E-state index in [2.05, 4.69) is 4.57 Å². The Hall–Kier alpha value is -2.40. The van der Waals surface area contributed by atoms with Gasteiger partial charge in [-0.25, -0.2) is 4.79 Å². The summed E-state index contributed by atoms with van der Waals surface area (Å²) in [6.45, 7) is 10.0. The van der Waals surface area contributed by atoms with Crippen LogP contribution in [0.25, 0.3) is 0 Å².